The van der Waals surface area contributed by atoms with Crippen LogP contribution in [0, 0.1) is 0 Å². The van der Waals surface area contributed by atoms with E-state index in [-0.39, 0.29) is 6.03 Å². The average Bonchev–Trinajstić information content (AvgIpc) is 3.51. The lowest BCUT2D eigenvalue weighted by molar-refractivity contribution is 0.228. The minimum absolute atomic E-state index is 0.249. The van der Waals surface area contributed by atoms with Gasteiger partial charge in [0.05, 0.1) is 0 Å². The van der Waals surface area contributed by atoms with E-state index in [0.717, 1.165) is 55.6 Å². The van der Waals surface area contributed by atoms with E-state index in [1.165, 1.54) is 0 Å². The summed E-state index contributed by atoms with van der Waals surface area (Å²) >= 11 is 0. The van der Waals surface area contributed by atoms with Crippen molar-refractivity contribution in [3.63, 3.8) is 0 Å². The fourth-order valence-electron chi connectivity index (χ4n) is 7.25. The first kappa shape index (κ1) is 24.4. The predicted octanol–water partition coefficient (Wildman–Crippen LogP) is 8.23. The fraction of sp³-hybridized carbons (Fsp3) is 0.0513. The average molecular weight is 541 g/mol. The van der Waals surface area contributed by atoms with Crippen LogP contribution in [0.4, 0.5) is 4.79 Å². The molecule has 0 saturated carbocycles. The topological polar surface area (TPSA) is 41.1 Å². The van der Waals surface area contributed by atoms with Crippen LogP contribution in [-0.2, 0) is 11.1 Å². The van der Waals surface area contributed by atoms with Crippen molar-refractivity contribution in [2.75, 3.05) is 0 Å². The Hall–Kier alpha value is -5.41. The molecule has 6 aromatic carbocycles. The van der Waals surface area contributed by atoms with Gasteiger partial charge in [0, 0.05) is 0 Å². The van der Waals surface area contributed by atoms with Crippen molar-refractivity contribution in [1.82, 2.24) is 10.6 Å². The fourth-order valence-corrected chi connectivity index (χ4v) is 7.25. The molecule has 0 unspecified atom stereocenters. The highest BCUT2D eigenvalue weighted by Gasteiger charge is 2.49. The van der Waals surface area contributed by atoms with Crippen molar-refractivity contribution in [3.05, 3.63) is 191 Å². The van der Waals surface area contributed by atoms with E-state index in [0.29, 0.717) is 0 Å². The minimum Gasteiger partial charge on any atom is -0.320 e. The van der Waals surface area contributed by atoms with Gasteiger partial charge in [-0.1, -0.05) is 158 Å². The normalized spacial score (nSPS) is 14.7. The first-order valence-electron chi connectivity index (χ1n) is 14.3. The van der Waals surface area contributed by atoms with Crippen molar-refractivity contribution < 1.29 is 4.79 Å². The highest BCUT2D eigenvalue weighted by atomic mass is 16.2. The minimum atomic E-state index is -0.867. The Balaban J connectivity index is 1.33. The lowest BCUT2D eigenvalue weighted by Gasteiger charge is -2.38. The summed E-state index contributed by atoms with van der Waals surface area (Å²) in [5, 5.41) is 7.11. The van der Waals surface area contributed by atoms with Crippen LogP contribution in [0.3, 0.4) is 0 Å². The van der Waals surface area contributed by atoms with Gasteiger partial charge in [-0.2, -0.15) is 0 Å². The first-order chi connectivity index (χ1) is 20.7. The second-order valence-electron chi connectivity index (χ2n) is 11.0. The summed E-state index contributed by atoms with van der Waals surface area (Å²) in [5.41, 5.74) is 9.07. The zero-order valence-electron chi connectivity index (χ0n) is 22.9. The molecule has 0 radical (unpaired) electrons. The van der Waals surface area contributed by atoms with Crippen LogP contribution in [0.5, 0.6) is 0 Å². The molecule has 6 aromatic rings. The van der Waals surface area contributed by atoms with Gasteiger partial charge >= 0.3 is 6.03 Å². The van der Waals surface area contributed by atoms with E-state index in [4.69, 9.17) is 0 Å². The molecule has 2 aliphatic rings. The standard InChI is InChI=1S/C39H28N2O/c42-37(40-38(27-15-3-1-4-16-27)33-23-11-7-19-29(33)30-20-8-12-24-34(30)38)41-39(28-17-5-2-6-18-28)35-25-13-9-21-31(35)32-22-10-14-26-36(32)39/h1-26H,(H2,40,41,42). The van der Waals surface area contributed by atoms with Crippen molar-refractivity contribution in [2.45, 2.75) is 11.1 Å². The molecule has 3 nitrogen and oxygen atoms in total. The van der Waals surface area contributed by atoms with Gasteiger partial charge < -0.3 is 10.6 Å². The Morgan fingerprint density at radius 1 is 0.357 bits per heavy atom. The maximum Gasteiger partial charge on any atom is 0.317 e. The van der Waals surface area contributed by atoms with E-state index < -0.39 is 11.1 Å². The first-order valence-corrected chi connectivity index (χ1v) is 14.3. The molecule has 2 amide bonds. The molecular weight excluding hydrogens is 512 g/mol. The SMILES string of the molecule is O=C(NC1(c2ccccc2)c2ccccc2-c2ccccc21)NC1(c2ccccc2)c2ccccc2-c2ccccc21. The van der Waals surface area contributed by atoms with Crippen LogP contribution in [-0.4, -0.2) is 6.03 Å². The molecule has 0 fully saturated rings. The van der Waals surface area contributed by atoms with E-state index in [2.05, 4.69) is 132 Å². The van der Waals surface area contributed by atoms with Crippen LogP contribution >= 0.6 is 0 Å². The largest absolute Gasteiger partial charge is 0.320 e. The summed E-state index contributed by atoms with van der Waals surface area (Å²) in [7, 11) is 0. The number of hydrogen-bond acceptors (Lipinski definition) is 1. The van der Waals surface area contributed by atoms with Gasteiger partial charge in [-0.15, -0.1) is 0 Å². The molecule has 42 heavy (non-hydrogen) atoms. The number of fused-ring (bicyclic) bond motifs is 6. The molecule has 3 heteroatoms. The molecule has 0 spiro atoms. The number of carbonyl (C=O) groups excluding carboxylic acids is 1. The molecular formula is C39H28N2O. The van der Waals surface area contributed by atoms with Gasteiger partial charge in [0.2, 0.25) is 0 Å². The van der Waals surface area contributed by atoms with Crippen molar-refractivity contribution in [2.24, 2.45) is 0 Å². The van der Waals surface area contributed by atoms with Gasteiger partial charge in [0.15, 0.2) is 0 Å². The van der Waals surface area contributed by atoms with Gasteiger partial charge in [-0.25, -0.2) is 4.79 Å². The predicted molar refractivity (Wildman–Crippen MR) is 168 cm³/mol. The Labute approximate surface area is 245 Å². The van der Waals surface area contributed by atoms with Crippen molar-refractivity contribution in [3.8, 4) is 22.3 Å². The zero-order chi connectivity index (χ0) is 28.1. The highest BCUT2D eigenvalue weighted by Crippen LogP contribution is 2.53. The smallest absolute Gasteiger partial charge is 0.317 e. The third-order valence-electron chi connectivity index (χ3n) is 8.92. The van der Waals surface area contributed by atoms with E-state index in [9.17, 15) is 4.79 Å². The van der Waals surface area contributed by atoms with E-state index in [1.807, 2.05) is 36.4 Å². The summed E-state index contributed by atoms with van der Waals surface area (Å²) in [6, 6.07) is 53.9. The van der Waals surface area contributed by atoms with E-state index >= 15 is 0 Å². The maximum absolute atomic E-state index is 14.7. The highest BCUT2D eigenvalue weighted by molar-refractivity contribution is 5.90. The Kier molecular flexibility index (Phi) is 5.41. The number of carbonyl (C=O) groups is 1. The van der Waals surface area contributed by atoms with Gasteiger partial charge in [0.25, 0.3) is 0 Å². The molecule has 2 N–H and O–H groups in total. The molecule has 0 saturated heterocycles. The Morgan fingerprint density at radius 2 is 0.619 bits per heavy atom. The second kappa shape index (κ2) is 9.32. The summed E-state index contributed by atoms with van der Waals surface area (Å²) in [6.45, 7) is 0. The summed E-state index contributed by atoms with van der Waals surface area (Å²) in [5.74, 6) is 0. The molecule has 8 rings (SSSR count). The van der Waals surface area contributed by atoms with E-state index in [1.54, 1.807) is 0 Å². The third-order valence-corrected chi connectivity index (χ3v) is 8.92. The number of benzene rings is 6. The van der Waals surface area contributed by atoms with Gasteiger partial charge in [-0.05, 0) is 55.6 Å². The quantitative estimate of drug-likeness (QED) is 0.232. The number of rotatable bonds is 4. The lowest BCUT2D eigenvalue weighted by atomic mass is 9.79. The van der Waals surface area contributed by atoms with Crippen LogP contribution in [0.25, 0.3) is 22.3 Å². The van der Waals surface area contributed by atoms with Gasteiger partial charge in [-0.3, -0.25) is 0 Å². The molecule has 2 aliphatic carbocycles. The molecule has 0 heterocycles. The Morgan fingerprint density at radius 3 is 0.929 bits per heavy atom. The van der Waals surface area contributed by atoms with Gasteiger partial charge in [0.1, 0.15) is 11.1 Å². The van der Waals surface area contributed by atoms with Crippen molar-refractivity contribution >= 4 is 6.03 Å². The molecule has 0 aliphatic heterocycles. The third kappa shape index (κ3) is 3.31. The number of urea groups is 1. The van der Waals surface area contributed by atoms with Crippen LogP contribution in [0.1, 0.15) is 33.4 Å². The Bertz CT molecular complexity index is 1730. The monoisotopic (exact) mass is 540 g/mol. The molecule has 0 atom stereocenters. The van der Waals surface area contributed by atoms with Crippen LogP contribution in [0.2, 0.25) is 0 Å². The molecule has 200 valence electrons. The zero-order valence-corrected chi connectivity index (χ0v) is 22.9. The maximum atomic E-state index is 14.7. The van der Waals surface area contributed by atoms with Crippen LogP contribution < -0.4 is 10.6 Å². The summed E-state index contributed by atoms with van der Waals surface area (Å²) in [6.07, 6.45) is 0. The summed E-state index contributed by atoms with van der Waals surface area (Å²) < 4.78 is 0. The number of nitrogens with one attached hydrogen (secondary N) is 2. The lowest BCUT2D eigenvalue weighted by Crippen LogP contribution is -2.56. The number of amides is 2. The molecule has 0 aromatic heterocycles. The van der Waals surface area contributed by atoms with Crippen LogP contribution in [0.15, 0.2) is 158 Å². The molecule has 0 bridgehead atoms. The number of hydrogen-bond donors (Lipinski definition) is 2. The van der Waals surface area contributed by atoms with Crippen molar-refractivity contribution in [1.29, 1.82) is 0 Å². The second-order valence-corrected chi connectivity index (χ2v) is 11.0. The summed E-state index contributed by atoms with van der Waals surface area (Å²) in [4.78, 5) is 14.7.